The zero-order valence-corrected chi connectivity index (χ0v) is 20.5. The van der Waals surface area contributed by atoms with Gasteiger partial charge in [0.15, 0.2) is 0 Å². The molecular weight excluding hydrogens is 438 g/mol. The molecule has 3 rings (SSSR count). The van der Waals surface area contributed by atoms with Gasteiger partial charge in [0, 0.05) is 35.0 Å². The number of benzene rings is 2. The molecule has 5 N–H and O–H groups in total. The van der Waals surface area contributed by atoms with Crippen LogP contribution in [0.2, 0.25) is 0 Å². The highest BCUT2D eigenvalue weighted by Crippen LogP contribution is 2.38. The zero-order valence-electron chi connectivity index (χ0n) is 19.6. The average Bonchev–Trinajstić information content (AvgIpc) is 2.79. The molecule has 33 heavy (non-hydrogen) atoms. The van der Waals surface area contributed by atoms with Gasteiger partial charge in [0.2, 0.25) is 5.91 Å². The molecule has 0 spiro atoms. The number of nitrogen functional groups attached to an aromatic ring is 1. The Morgan fingerprint density at radius 3 is 2.82 bits per heavy atom. The Morgan fingerprint density at radius 2 is 2.15 bits per heavy atom. The molecule has 0 unspecified atom stereocenters. The summed E-state index contributed by atoms with van der Waals surface area (Å²) in [6.07, 6.45) is 1.25. The van der Waals surface area contributed by atoms with Gasteiger partial charge in [-0.1, -0.05) is 6.92 Å². The summed E-state index contributed by atoms with van der Waals surface area (Å²) in [5, 5.41) is 20.3. The van der Waals surface area contributed by atoms with Crippen LogP contribution in [0.25, 0.3) is 0 Å². The molecule has 0 aromatic heterocycles. The topological polar surface area (TPSA) is 115 Å². The fourth-order valence-electron chi connectivity index (χ4n) is 3.71. The van der Waals surface area contributed by atoms with Crippen molar-refractivity contribution in [3.05, 3.63) is 41.5 Å². The smallest absolute Gasteiger partial charge is 0.239 e. The van der Waals surface area contributed by atoms with Crippen LogP contribution in [-0.4, -0.2) is 59.9 Å². The minimum Gasteiger partial charge on any atom is -0.489 e. The number of nitrogens with two attached hydrogens (primary N) is 1. The predicted molar refractivity (Wildman–Crippen MR) is 136 cm³/mol. The van der Waals surface area contributed by atoms with Gasteiger partial charge in [0.05, 0.1) is 36.6 Å². The summed E-state index contributed by atoms with van der Waals surface area (Å²) in [5.41, 5.74) is 9.59. The number of aryl methyl sites for hydroxylation is 1. The van der Waals surface area contributed by atoms with Gasteiger partial charge < -0.3 is 31.2 Å². The summed E-state index contributed by atoms with van der Waals surface area (Å²) >= 11 is 1.42. The van der Waals surface area contributed by atoms with Crippen molar-refractivity contribution < 1.29 is 14.6 Å². The van der Waals surface area contributed by atoms with E-state index in [1.807, 2.05) is 62.3 Å². The number of nitrogens with zero attached hydrogens (tertiary/aromatic N) is 2. The molecule has 1 amide bonds. The van der Waals surface area contributed by atoms with E-state index < -0.39 is 5.54 Å². The number of ether oxygens (including phenoxy) is 1. The van der Waals surface area contributed by atoms with Crippen molar-refractivity contribution in [3.63, 3.8) is 0 Å². The van der Waals surface area contributed by atoms with Gasteiger partial charge in [0.1, 0.15) is 12.4 Å². The lowest BCUT2D eigenvalue weighted by molar-refractivity contribution is -0.116. The molecule has 2 aromatic carbocycles. The van der Waals surface area contributed by atoms with Gasteiger partial charge in [-0.2, -0.15) is 0 Å². The molecule has 0 saturated carbocycles. The van der Waals surface area contributed by atoms with E-state index in [9.17, 15) is 9.90 Å². The Kier molecular flexibility index (Phi) is 7.88. The highest BCUT2D eigenvalue weighted by atomic mass is 32.2. The lowest BCUT2D eigenvalue weighted by Gasteiger charge is -2.42. The standard InChI is InChI=1S/C24H33N5O3S/c1-5-28(33-21-11-16(2)10-17(13-25)23(21)26)14-22(31)27-18-6-7-19-20(12-18)32-9-8-29(19)24(3,4)15-30/h6-7,10-13,25,30H,5,8-9,14-15,26H2,1-4H3,(H,27,31). The van der Waals surface area contributed by atoms with Crippen LogP contribution in [0.5, 0.6) is 5.75 Å². The molecule has 0 aliphatic carbocycles. The first kappa shape index (κ1) is 24.9. The van der Waals surface area contributed by atoms with Crippen molar-refractivity contribution in [2.24, 2.45) is 0 Å². The fraction of sp³-hybridized carbons (Fsp3) is 0.417. The minimum atomic E-state index is -0.405. The van der Waals surface area contributed by atoms with Crippen molar-refractivity contribution in [1.82, 2.24) is 4.31 Å². The highest BCUT2D eigenvalue weighted by Gasteiger charge is 2.31. The number of amides is 1. The molecule has 0 fully saturated rings. The van der Waals surface area contributed by atoms with Crippen molar-refractivity contribution in [1.29, 1.82) is 5.41 Å². The molecule has 178 valence electrons. The molecule has 2 aromatic rings. The van der Waals surface area contributed by atoms with Crippen molar-refractivity contribution >= 4 is 41.1 Å². The molecular formula is C24H33N5O3S. The van der Waals surface area contributed by atoms with E-state index in [4.69, 9.17) is 15.9 Å². The van der Waals surface area contributed by atoms with Gasteiger partial charge in [0.25, 0.3) is 0 Å². The first-order valence-corrected chi connectivity index (χ1v) is 11.7. The van der Waals surface area contributed by atoms with Gasteiger partial charge >= 0.3 is 0 Å². The molecule has 1 aliphatic rings. The summed E-state index contributed by atoms with van der Waals surface area (Å²) in [6.45, 7) is 9.97. The second-order valence-corrected chi connectivity index (χ2v) is 9.80. The molecule has 0 bridgehead atoms. The van der Waals surface area contributed by atoms with E-state index in [1.165, 1.54) is 18.2 Å². The third-order valence-electron chi connectivity index (χ3n) is 5.60. The molecule has 1 heterocycles. The van der Waals surface area contributed by atoms with E-state index in [-0.39, 0.29) is 19.1 Å². The van der Waals surface area contributed by atoms with Crippen LogP contribution < -0.4 is 20.7 Å². The summed E-state index contributed by atoms with van der Waals surface area (Å²) in [4.78, 5) is 15.7. The molecule has 0 saturated heterocycles. The first-order valence-electron chi connectivity index (χ1n) is 11.0. The van der Waals surface area contributed by atoms with Crippen LogP contribution >= 0.6 is 11.9 Å². The third-order valence-corrected chi connectivity index (χ3v) is 6.78. The Morgan fingerprint density at radius 1 is 1.39 bits per heavy atom. The molecule has 0 atom stereocenters. The predicted octanol–water partition coefficient (Wildman–Crippen LogP) is 3.51. The van der Waals surface area contributed by atoms with E-state index in [1.54, 1.807) is 0 Å². The third kappa shape index (κ3) is 5.79. The van der Waals surface area contributed by atoms with Crippen molar-refractivity contribution in [2.45, 2.75) is 38.1 Å². The number of aliphatic hydroxyl groups is 1. The maximum atomic E-state index is 12.8. The van der Waals surface area contributed by atoms with Crippen LogP contribution in [0.3, 0.4) is 0 Å². The number of anilines is 3. The number of nitrogens with one attached hydrogen (secondary N) is 2. The number of carbonyl (C=O) groups is 1. The van der Waals surface area contributed by atoms with Crippen molar-refractivity contribution in [3.8, 4) is 5.75 Å². The van der Waals surface area contributed by atoms with E-state index in [2.05, 4.69) is 10.2 Å². The van der Waals surface area contributed by atoms with Crippen LogP contribution in [0.15, 0.2) is 35.2 Å². The summed E-state index contributed by atoms with van der Waals surface area (Å²) in [7, 11) is 0. The maximum absolute atomic E-state index is 12.8. The molecule has 8 nitrogen and oxygen atoms in total. The summed E-state index contributed by atoms with van der Waals surface area (Å²) in [5.74, 6) is 0.542. The monoisotopic (exact) mass is 471 g/mol. The molecule has 9 heteroatoms. The Labute approximate surface area is 199 Å². The first-order chi connectivity index (χ1) is 15.7. The summed E-state index contributed by atoms with van der Waals surface area (Å²) < 4.78 is 7.75. The Hall–Kier alpha value is -2.75. The quantitative estimate of drug-likeness (QED) is 0.251. The normalized spacial score (nSPS) is 13.5. The van der Waals surface area contributed by atoms with Gasteiger partial charge in [-0.05, 0) is 62.5 Å². The number of rotatable bonds is 9. The van der Waals surface area contributed by atoms with E-state index in [0.29, 0.717) is 42.4 Å². The van der Waals surface area contributed by atoms with Crippen LogP contribution in [-0.2, 0) is 4.79 Å². The fourth-order valence-corrected chi connectivity index (χ4v) is 4.75. The van der Waals surface area contributed by atoms with Crippen LogP contribution in [0, 0.1) is 12.3 Å². The lowest BCUT2D eigenvalue weighted by Crippen LogP contribution is -2.50. The zero-order chi connectivity index (χ0) is 24.2. The second kappa shape index (κ2) is 10.5. The average molecular weight is 472 g/mol. The number of hydrogen-bond acceptors (Lipinski definition) is 8. The summed E-state index contributed by atoms with van der Waals surface area (Å²) in [6, 6.07) is 9.43. The second-order valence-electron chi connectivity index (χ2n) is 8.66. The molecule has 1 aliphatic heterocycles. The van der Waals surface area contributed by atoms with Crippen molar-refractivity contribution in [2.75, 3.05) is 48.8 Å². The Bertz CT molecular complexity index is 1030. The number of likely N-dealkylation sites (N-methyl/N-ethyl adjacent to an activating group) is 1. The van der Waals surface area contributed by atoms with Gasteiger partial charge in [-0.3, -0.25) is 4.79 Å². The maximum Gasteiger partial charge on any atom is 0.239 e. The highest BCUT2D eigenvalue weighted by molar-refractivity contribution is 7.97. The van der Waals surface area contributed by atoms with Gasteiger partial charge in [-0.25, -0.2) is 4.31 Å². The number of carbonyl (C=O) groups excluding carboxylic acids is 1. The SMILES string of the molecule is CCN(CC(=O)Nc1ccc2c(c1)OCCN2C(C)(C)CO)Sc1cc(C)cc(C=N)c1N. The number of aliphatic hydroxyl groups excluding tert-OH is 1. The van der Waals surface area contributed by atoms with E-state index in [0.717, 1.165) is 16.1 Å². The number of hydrogen-bond donors (Lipinski definition) is 4. The lowest BCUT2D eigenvalue weighted by atomic mass is 10.0. The Balaban J connectivity index is 1.69. The van der Waals surface area contributed by atoms with Crippen LogP contribution in [0.4, 0.5) is 17.1 Å². The molecule has 0 radical (unpaired) electrons. The largest absolute Gasteiger partial charge is 0.489 e. The van der Waals surface area contributed by atoms with Crippen LogP contribution in [0.1, 0.15) is 31.9 Å². The minimum absolute atomic E-state index is 0.0300. The number of fused-ring (bicyclic) bond motifs is 1. The van der Waals surface area contributed by atoms with Gasteiger partial charge in [-0.15, -0.1) is 0 Å². The van der Waals surface area contributed by atoms with E-state index >= 15 is 0 Å².